The maximum Gasteiger partial charge on any atom is 0.225 e. The number of rotatable bonds is 21. The van der Waals surface area contributed by atoms with Gasteiger partial charge < -0.3 is 4.90 Å². The van der Waals surface area contributed by atoms with Gasteiger partial charge in [0.1, 0.15) is 0 Å². The van der Waals surface area contributed by atoms with E-state index in [1.807, 2.05) is 0 Å². The van der Waals surface area contributed by atoms with Crippen molar-refractivity contribution < 1.29 is 4.79 Å². The van der Waals surface area contributed by atoms with Crippen LogP contribution in [-0.4, -0.2) is 23.9 Å². The topological polar surface area (TPSA) is 20.3 Å². The number of hydrogen-bond acceptors (Lipinski definition) is 1. The lowest BCUT2D eigenvalue weighted by molar-refractivity contribution is -0.138. The molecule has 1 fully saturated rings. The van der Waals surface area contributed by atoms with Crippen molar-refractivity contribution in [1.82, 2.24) is 4.90 Å². The molecule has 0 aromatic heterocycles. The molecule has 0 radical (unpaired) electrons. The summed E-state index contributed by atoms with van der Waals surface area (Å²) in [5.41, 5.74) is 0. The standard InChI is InChI=1S/C27H53NO/c1-3-5-7-9-11-13-15-17-19-24-28(27(29)26-22-21-23-26)25-20-18-16-14-12-10-8-6-4-2/h26H,3-25H2,1-2H3. The van der Waals surface area contributed by atoms with E-state index in [9.17, 15) is 4.79 Å². The lowest BCUT2D eigenvalue weighted by Gasteiger charge is -2.32. The van der Waals surface area contributed by atoms with E-state index >= 15 is 0 Å². The van der Waals surface area contributed by atoms with Gasteiger partial charge in [-0.3, -0.25) is 4.79 Å². The summed E-state index contributed by atoms with van der Waals surface area (Å²) in [4.78, 5) is 15.0. The van der Waals surface area contributed by atoms with Crippen molar-refractivity contribution >= 4 is 5.91 Å². The predicted molar refractivity (Wildman–Crippen MR) is 128 cm³/mol. The minimum atomic E-state index is 0.368. The molecule has 1 rings (SSSR count). The highest BCUT2D eigenvalue weighted by Crippen LogP contribution is 2.28. The normalized spacial score (nSPS) is 14.1. The van der Waals surface area contributed by atoms with Gasteiger partial charge in [-0.15, -0.1) is 0 Å². The Morgan fingerprint density at radius 1 is 0.586 bits per heavy atom. The molecule has 0 atom stereocenters. The van der Waals surface area contributed by atoms with Crippen LogP contribution in [0.2, 0.25) is 0 Å². The van der Waals surface area contributed by atoms with E-state index in [1.54, 1.807) is 0 Å². The minimum Gasteiger partial charge on any atom is -0.342 e. The summed E-state index contributed by atoms with van der Waals surface area (Å²) in [6, 6.07) is 0. The fraction of sp³-hybridized carbons (Fsp3) is 0.963. The molecule has 1 amide bonds. The second kappa shape index (κ2) is 19.4. The highest BCUT2D eigenvalue weighted by Gasteiger charge is 2.28. The Morgan fingerprint density at radius 2 is 0.931 bits per heavy atom. The lowest BCUT2D eigenvalue weighted by atomic mass is 9.84. The van der Waals surface area contributed by atoms with E-state index in [1.165, 1.54) is 122 Å². The van der Waals surface area contributed by atoms with Gasteiger partial charge in [0.25, 0.3) is 0 Å². The summed E-state index contributed by atoms with van der Waals surface area (Å²) in [6.07, 6.45) is 28.0. The minimum absolute atomic E-state index is 0.368. The molecule has 0 aromatic carbocycles. The molecule has 1 aliphatic carbocycles. The van der Waals surface area contributed by atoms with Crippen molar-refractivity contribution in [3.05, 3.63) is 0 Å². The zero-order valence-corrected chi connectivity index (χ0v) is 20.2. The van der Waals surface area contributed by atoms with Crippen LogP contribution in [0.25, 0.3) is 0 Å². The van der Waals surface area contributed by atoms with E-state index in [-0.39, 0.29) is 0 Å². The van der Waals surface area contributed by atoms with Crippen LogP contribution < -0.4 is 0 Å². The molecule has 0 bridgehead atoms. The zero-order chi connectivity index (χ0) is 21.0. The van der Waals surface area contributed by atoms with Crippen molar-refractivity contribution in [2.24, 2.45) is 5.92 Å². The molecular formula is C27H53NO. The van der Waals surface area contributed by atoms with Crippen LogP contribution in [0.5, 0.6) is 0 Å². The molecule has 29 heavy (non-hydrogen) atoms. The van der Waals surface area contributed by atoms with Crippen LogP contribution in [0.3, 0.4) is 0 Å². The highest BCUT2D eigenvalue weighted by molar-refractivity contribution is 5.79. The fourth-order valence-electron chi connectivity index (χ4n) is 4.47. The average Bonchev–Trinajstić information content (AvgIpc) is 2.68. The largest absolute Gasteiger partial charge is 0.342 e. The molecule has 172 valence electrons. The first-order valence-electron chi connectivity index (χ1n) is 13.6. The van der Waals surface area contributed by atoms with E-state index in [2.05, 4.69) is 18.7 Å². The maximum atomic E-state index is 12.8. The molecule has 1 saturated carbocycles. The molecule has 0 aromatic rings. The van der Waals surface area contributed by atoms with Crippen molar-refractivity contribution in [3.63, 3.8) is 0 Å². The summed E-state index contributed by atoms with van der Waals surface area (Å²) in [5.74, 6) is 0.850. The third-order valence-corrected chi connectivity index (χ3v) is 6.83. The second-order valence-electron chi connectivity index (χ2n) is 9.61. The van der Waals surface area contributed by atoms with Crippen LogP contribution >= 0.6 is 0 Å². The summed E-state index contributed by atoms with van der Waals surface area (Å²) < 4.78 is 0. The van der Waals surface area contributed by atoms with Gasteiger partial charge in [0.15, 0.2) is 0 Å². The molecule has 0 aliphatic heterocycles. The third kappa shape index (κ3) is 14.2. The van der Waals surface area contributed by atoms with Crippen molar-refractivity contribution in [2.45, 2.75) is 149 Å². The van der Waals surface area contributed by atoms with Gasteiger partial charge >= 0.3 is 0 Å². The second-order valence-corrected chi connectivity index (χ2v) is 9.61. The summed E-state index contributed by atoms with van der Waals surface area (Å²) in [5, 5.41) is 0. The third-order valence-electron chi connectivity index (χ3n) is 6.83. The molecular weight excluding hydrogens is 354 g/mol. The van der Waals surface area contributed by atoms with Crippen LogP contribution in [0.15, 0.2) is 0 Å². The van der Waals surface area contributed by atoms with Gasteiger partial charge in [0.2, 0.25) is 5.91 Å². The van der Waals surface area contributed by atoms with Crippen molar-refractivity contribution in [3.8, 4) is 0 Å². The predicted octanol–water partition coefficient (Wildman–Crippen LogP) is 8.68. The van der Waals surface area contributed by atoms with Crippen LogP contribution in [0.4, 0.5) is 0 Å². The van der Waals surface area contributed by atoms with Gasteiger partial charge in [0, 0.05) is 19.0 Å². The van der Waals surface area contributed by atoms with Crippen LogP contribution in [0.1, 0.15) is 149 Å². The van der Waals surface area contributed by atoms with E-state index in [4.69, 9.17) is 0 Å². The number of hydrogen-bond donors (Lipinski definition) is 0. The van der Waals surface area contributed by atoms with E-state index in [0.29, 0.717) is 11.8 Å². The molecule has 0 N–H and O–H groups in total. The first-order valence-corrected chi connectivity index (χ1v) is 13.6. The Labute approximate surface area is 183 Å². The first kappa shape index (κ1) is 26.5. The monoisotopic (exact) mass is 407 g/mol. The Hall–Kier alpha value is -0.530. The van der Waals surface area contributed by atoms with Gasteiger partial charge in [0.05, 0.1) is 0 Å². The number of amides is 1. The summed E-state index contributed by atoms with van der Waals surface area (Å²) in [7, 11) is 0. The number of unbranched alkanes of at least 4 members (excludes halogenated alkanes) is 16. The van der Waals surface area contributed by atoms with Gasteiger partial charge in [-0.05, 0) is 25.7 Å². The molecule has 0 unspecified atom stereocenters. The highest BCUT2D eigenvalue weighted by atomic mass is 16.2. The van der Waals surface area contributed by atoms with Gasteiger partial charge in [-0.1, -0.05) is 123 Å². The number of nitrogens with zero attached hydrogens (tertiary/aromatic N) is 1. The fourth-order valence-corrected chi connectivity index (χ4v) is 4.47. The quantitative estimate of drug-likeness (QED) is 0.174. The van der Waals surface area contributed by atoms with Crippen LogP contribution in [0, 0.1) is 5.92 Å². The maximum absolute atomic E-state index is 12.8. The van der Waals surface area contributed by atoms with E-state index < -0.39 is 0 Å². The first-order chi connectivity index (χ1) is 14.3. The Morgan fingerprint density at radius 3 is 1.24 bits per heavy atom. The smallest absolute Gasteiger partial charge is 0.225 e. The van der Waals surface area contributed by atoms with Crippen molar-refractivity contribution in [2.75, 3.05) is 13.1 Å². The number of carbonyl (C=O) groups is 1. The zero-order valence-electron chi connectivity index (χ0n) is 20.2. The van der Waals surface area contributed by atoms with Crippen LogP contribution in [-0.2, 0) is 4.79 Å². The lowest BCUT2D eigenvalue weighted by Crippen LogP contribution is -2.40. The Kier molecular flexibility index (Phi) is 17.8. The molecule has 0 spiro atoms. The Bertz CT molecular complexity index is 342. The SMILES string of the molecule is CCCCCCCCCCCN(CCCCCCCCCCC)C(=O)C1CCC1. The molecule has 2 nitrogen and oxygen atoms in total. The molecule has 1 aliphatic rings. The van der Waals surface area contributed by atoms with Gasteiger partial charge in [-0.25, -0.2) is 0 Å². The molecule has 0 heterocycles. The number of carbonyl (C=O) groups excluding carboxylic acids is 1. The molecule has 0 saturated heterocycles. The average molecular weight is 408 g/mol. The van der Waals surface area contributed by atoms with Crippen molar-refractivity contribution in [1.29, 1.82) is 0 Å². The molecule has 2 heteroatoms. The van der Waals surface area contributed by atoms with Gasteiger partial charge in [-0.2, -0.15) is 0 Å². The summed E-state index contributed by atoms with van der Waals surface area (Å²) >= 11 is 0. The Balaban J connectivity index is 2.08. The summed E-state index contributed by atoms with van der Waals surface area (Å²) in [6.45, 7) is 6.60. The van der Waals surface area contributed by atoms with E-state index in [0.717, 1.165) is 25.9 Å².